The summed E-state index contributed by atoms with van der Waals surface area (Å²) in [5, 5.41) is 7.42. The lowest BCUT2D eigenvalue weighted by molar-refractivity contribution is 0.489. The Bertz CT molecular complexity index is 3030. The van der Waals surface area contributed by atoms with Crippen LogP contribution >= 0.6 is 0 Å². The molecule has 0 saturated heterocycles. The normalized spacial score (nSPS) is 12.8. The third kappa shape index (κ3) is 5.49. The van der Waals surface area contributed by atoms with Crippen LogP contribution in [-0.4, -0.2) is 8.07 Å². The molecule has 1 aliphatic rings. The Hall–Kier alpha value is -7.40. The van der Waals surface area contributed by atoms with Gasteiger partial charge in [0.1, 0.15) is 22.7 Å². The van der Waals surface area contributed by atoms with E-state index in [4.69, 9.17) is 9.15 Å². The van der Waals surface area contributed by atoms with E-state index in [1.807, 2.05) is 12.1 Å². The fourth-order valence-electron chi connectivity index (χ4n) is 8.98. The smallest absolute Gasteiger partial charge is 0.188 e. The Morgan fingerprint density at radius 2 is 0.897 bits per heavy atom. The second-order valence-electron chi connectivity index (χ2n) is 14.8. The molecular formula is C54H37NO2Si. The van der Waals surface area contributed by atoms with E-state index in [2.05, 4.69) is 217 Å². The van der Waals surface area contributed by atoms with E-state index in [9.17, 15) is 0 Å². The van der Waals surface area contributed by atoms with Gasteiger partial charge >= 0.3 is 0 Å². The predicted octanol–water partition coefficient (Wildman–Crippen LogP) is 11.9. The van der Waals surface area contributed by atoms with Crippen molar-refractivity contribution < 1.29 is 9.15 Å². The number of hydrogen-bond donors (Lipinski definition) is 0. The number of ether oxygens (including phenoxy) is 1. The summed E-state index contributed by atoms with van der Waals surface area (Å²) in [6.07, 6.45) is 0. The van der Waals surface area contributed by atoms with Gasteiger partial charge in [0.05, 0.1) is 0 Å². The zero-order chi connectivity index (χ0) is 38.5. The molecule has 0 radical (unpaired) electrons. The molecule has 0 bridgehead atoms. The minimum atomic E-state index is -2.76. The van der Waals surface area contributed by atoms with Crippen LogP contribution in [0, 0.1) is 0 Å². The van der Waals surface area contributed by atoms with Gasteiger partial charge < -0.3 is 14.1 Å². The number of nitrogens with zero attached hydrogens (tertiary/aromatic N) is 1. The highest BCUT2D eigenvalue weighted by Gasteiger charge is 2.48. The molecule has 58 heavy (non-hydrogen) atoms. The van der Waals surface area contributed by atoms with Crippen molar-refractivity contribution in [3.8, 4) is 33.8 Å². The molecule has 0 saturated carbocycles. The van der Waals surface area contributed by atoms with E-state index in [1.165, 1.54) is 31.9 Å². The van der Waals surface area contributed by atoms with Crippen molar-refractivity contribution >= 4 is 67.8 Å². The molecule has 11 rings (SSSR count). The summed E-state index contributed by atoms with van der Waals surface area (Å²) in [5.41, 5.74) is 9.40. The first-order valence-corrected chi connectivity index (χ1v) is 21.7. The topological polar surface area (TPSA) is 25.6 Å². The molecule has 4 heteroatoms. The lowest BCUT2D eigenvalue weighted by atomic mass is 10.0. The first-order chi connectivity index (χ1) is 28.8. The molecule has 9 aromatic carbocycles. The number of hydrogen-bond acceptors (Lipinski definition) is 3. The van der Waals surface area contributed by atoms with Gasteiger partial charge in [0.25, 0.3) is 0 Å². The van der Waals surface area contributed by atoms with Crippen LogP contribution < -0.4 is 30.4 Å². The number of anilines is 3. The molecular weight excluding hydrogens is 723 g/mol. The van der Waals surface area contributed by atoms with E-state index < -0.39 is 8.07 Å². The standard InChI is InChI=1S/C54H37NO2Si/c1-4-15-38(16-5-1)39-27-31-41(32-28-39)55(43-35-36-48-47-21-10-11-23-49(47)56-51(48)37-43)42-33-29-40(30-34-42)46-22-14-26-53-54(46)57-50-24-12-13-25-52(50)58(53,44-17-6-2-7-18-44)45-19-8-3-9-20-45/h1-37H. The molecule has 0 unspecified atom stereocenters. The predicted molar refractivity (Wildman–Crippen MR) is 243 cm³/mol. The lowest BCUT2D eigenvalue weighted by Crippen LogP contribution is -2.76. The van der Waals surface area contributed by atoms with Crippen LogP contribution in [-0.2, 0) is 0 Å². The molecule has 1 aliphatic heterocycles. The van der Waals surface area contributed by atoms with Crippen molar-refractivity contribution in [3.05, 3.63) is 224 Å². The highest BCUT2D eigenvalue weighted by Crippen LogP contribution is 2.42. The van der Waals surface area contributed by atoms with Gasteiger partial charge in [-0.25, -0.2) is 0 Å². The highest BCUT2D eigenvalue weighted by molar-refractivity contribution is 7.20. The maximum atomic E-state index is 7.00. The monoisotopic (exact) mass is 759 g/mol. The average Bonchev–Trinajstić information content (AvgIpc) is 3.67. The average molecular weight is 760 g/mol. The first-order valence-electron chi connectivity index (χ1n) is 19.7. The minimum absolute atomic E-state index is 0.860. The Morgan fingerprint density at radius 3 is 1.60 bits per heavy atom. The van der Waals surface area contributed by atoms with E-state index in [-0.39, 0.29) is 0 Å². The molecule has 3 nitrogen and oxygen atoms in total. The molecule has 274 valence electrons. The molecule has 0 atom stereocenters. The maximum absolute atomic E-state index is 7.00. The van der Waals surface area contributed by atoms with Gasteiger partial charge in [-0.1, -0.05) is 170 Å². The number of furan rings is 1. The van der Waals surface area contributed by atoms with Crippen LogP contribution in [0.3, 0.4) is 0 Å². The van der Waals surface area contributed by atoms with Gasteiger partial charge in [-0.2, -0.15) is 0 Å². The van der Waals surface area contributed by atoms with Crippen LogP contribution in [0.1, 0.15) is 0 Å². The zero-order valence-corrected chi connectivity index (χ0v) is 32.6. The first kappa shape index (κ1) is 33.9. The molecule has 0 aliphatic carbocycles. The fraction of sp³-hybridized carbons (Fsp3) is 0. The van der Waals surface area contributed by atoms with E-state index in [1.54, 1.807) is 0 Å². The molecule has 0 fully saturated rings. The van der Waals surface area contributed by atoms with Crippen molar-refractivity contribution in [2.45, 2.75) is 0 Å². The van der Waals surface area contributed by atoms with Gasteiger partial charge in [-0.3, -0.25) is 0 Å². The number of rotatable bonds is 7. The Kier molecular flexibility index (Phi) is 8.16. The summed E-state index contributed by atoms with van der Waals surface area (Å²) in [6, 6.07) is 80.4. The van der Waals surface area contributed by atoms with E-state index in [0.717, 1.165) is 61.6 Å². The lowest BCUT2D eigenvalue weighted by Gasteiger charge is -2.40. The third-order valence-corrected chi connectivity index (χ3v) is 16.4. The van der Waals surface area contributed by atoms with Crippen molar-refractivity contribution in [2.75, 3.05) is 4.90 Å². The van der Waals surface area contributed by atoms with Crippen molar-refractivity contribution in [1.82, 2.24) is 0 Å². The third-order valence-electron chi connectivity index (χ3n) is 11.6. The molecule has 10 aromatic rings. The fourth-order valence-corrected chi connectivity index (χ4v) is 14.0. The Morgan fingerprint density at radius 1 is 0.362 bits per heavy atom. The molecule has 1 aromatic heterocycles. The van der Waals surface area contributed by atoms with Crippen molar-refractivity contribution in [3.63, 3.8) is 0 Å². The maximum Gasteiger partial charge on any atom is 0.188 e. The summed E-state index contributed by atoms with van der Waals surface area (Å²) >= 11 is 0. The van der Waals surface area contributed by atoms with Crippen LogP contribution in [0.25, 0.3) is 44.2 Å². The minimum Gasteiger partial charge on any atom is -0.457 e. The second kappa shape index (κ2) is 14.0. The molecule has 0 N–H and O–H groups in total. The summed E-state index contributed by atoms with van der Waals surface area (Å²) in [6.45, 7) is 0. The van der Waals surface area contributed by atoms with Crippen molar-refractivity contribution in [2.24, 2.45) is 0 Å². The zero-order valence-electron chi connectivity index (χ0n) is 31.6. The molecule has 0 amide bonds. The van der Waals surface area contributed by atoms with Crippen LogP contribution in [0.4, 0.5) is 17.1 Å². The molecule has 0 spiro atoms. The number of benzene rings is 9. The highest BCUT2D eigenvalue weighted by atomic mass is 28.3. The number of para-hydroxylation sites is 3. The Labute approximate surface area is 338 Å². The second-order valence-corrected chi connectivity index (χ2v) is 18.6. The molecule has 2 heterocycles. The SMILES string of the molecule is c1ccc(-c2ccc(N(c3ccc(-c4cccc5c4Oc4ccccc4[Si]5(c4ccccc4)c4ccccc4)cc3)c3ccc4c(c3)oc3ccccc34)cc2)cc1. The largest absolute Gasteiger partial charge is 0.457 e. The summed E-state index contributed by atoms with van der Waals surface area (Å²) < 4.78 is 13.4. The van der Waals surface area contributed by atoms with Crippen LogP contribution in [0.15, 0.2) is 229 Å². The van der Waals surface area contributed by atoms with Gasteiger partial charge in [-0.05, 0) is 86.0 Å². The van der Waals surface area contributed by atoms with Gasteiger partial charge in [-0.15, -0.1) is 0 Å². The van der Waals surface area contributed by atoms with E-state index >= 15 is 0 Å². The summed E-state index contributed by atoms with van der Waals surface area (Å²) in [7, 11) is -2.76. The summed E-state index contributed by atoms with van der Waals surface area (Å²) in [4.78, 5) is 2.31. The Balaban J connectivity index is 1.05. The van der Waals surface area contributed by atoms with Crippen LogP contribution in [0.2, 0.25) is 0 Å². The van der Waals surface area contributed by atoms with Gasteiger partial charge in [0.2, 0.25) is 0 Å². The quantitative estimate of drug-likeness (QED) is 0.151. The number of fused-ring (bicyclic) bond motifs is 5. The summed E-state index contributed by atoms with van der Waals surface area (Å²) in [5.74, 6) is 1.85. The van der Waals surface area contributed by atoms with E-state index in [0.29, 0.717) is 0 Å². The van der Waals surface area contributed by atoms with Crippen LogP contribution in [0.5, 0.6) is 11.5 Å². The van der Waals surface area contributed by atoms with Crippen molar-refractivity contribution in [1.29, 1.82) is 0 Å². The van der Waals surface area contributed by atoms with Gasteiger partial charge in [0, 0.05) is 39.5 Å². The van der Waals surface area contributed by atoms with Gasteiger partial charge in [0.15, 0.2) is 8.07 Å².